The van der Waals surface area contributed by atoms with Crippen LogP contribution < -0.4 is 5.32 Å². The molecule has 0 radical (unpaired) electrons. The van der Waals surface area contributed by atoms with E-state index in [0.29, 0.717) is 11.6 Å². The molecule has 1 unspecified atom stereocenters. The van der Waals surface area contributed by atoms with Crippen molar-refractivity contribution in [1.82, 2.24) is 0 Å². The van der Waals surface area contributed by atoms with E-state index in [1.807, 2.05) is 42.5 Å². The molecule has 19 heavy (non-hydrogen) atoms. The third-order valence-corrected chi connectivity index (χ3v) is 4.09. The Morgan fingerprint density at radius 2 is 2.00 bits per heavy atom. The molecule has 0 saturated heterocycles. The van der Waals surface area contributed by atoms with Crippen molar-refractivity contribution in [2.75, 3.05) is 5.32 Å². The number of anilines is 1. The zero-order chi connectivity index (χ0) is 13.8. The summed E-state index contributed by atoms with van der Waals surface area (Å²) in [5, 5.41) is 13.8. The molecule has 4 heteroatoms. The maximum atomic E-state index is 9.72. The number of hydrogen-bond acceptors (Lipinski definition) is 2. The fraction of sp³-hybridized carbons (Fsp3) is 0.200. The minimum atomic E-state index is -0.486. The molecule has 100 valence electrons. The van der Waals surface area contributed by atoms with Crippen molar-refractivity contribution in [1.29, 1.82) is 0 Å². The zero-order valence-electron chi connectivity index (χ0n) is 10.5. The minimum Gasteiger partial charge on any atom is -0.389 e. The van der Waals surface area contributed by atoms with E-state index in [2.05, 4.69) is 21.2 Å². The highest BCUT2D eigenvalue weighted by molar-refractivity contribution is 9.10. The van der Waals surface area contributed by atoms with E-state index in [4.69, 9.17) is 11.6 Å². The molecule has 0 saturated carbocycles. The van der Waals surface area contributed by atoms with Crippen LogP contribution in [0.1, 0.15) is 24.2 Å². The molecule has 0 aliphatic rings. The standard InChI is InChI=1S/C15H15BrClNO/c1-10(19)12-4-2-3-5-15(12)18-9-11-6-7-14(17)13(16)8-11/h2-8,10,18-19H,9H2,1H3. The molecule has 0 spiro atoms. The summed E-state index contributed by atoms with van der Waals surface area (Å²) >= 11 is 9.37. The van der Waals surface area contributed by atoms with E-state index in [1.54, 1.807) is 6.92 Å². The van der Waals surface area contributed by atoms with Gasteiger partial charge in [-0.25, -0.2) is 0 Å². The molecule has 0 bridgehead atoms. The molecule has 0 fully saturated rings. The van der Waals surface area contributed by atoms with Crippen LogP contribution in [0.2, 0.25) is 5.02 Å². The third-order valence-electron chi connectivity index (χ3n) is 2.88. The van der Waals surface area contributed by atoms with Crippen LogP contribution in [0, 0.1) is 0 Å². The molecule has 2 nitrogen and oxygen atoms in total. The second kappa shape index (κ2) is 6.42. The van der Waals surface area contributed by atoms with Crippen molar-refractivity contribution in [3.63, 3.8) is 0 Å². The summed E-state index contributed by atoms with van der Waals surface area (Å²) in [7, 11) is 0. The van der Waals surface area contributed by atoms with Crippen molar-refractivity contribution in [3.8, 4) is 0 Å². The van der Waals surface area contributed by atoms with Gasteiger partial charge in [0.1, 0.15) is 0 Å². The molecule has 0 aliphatic carbocycles. The van der Waals surface area contributed by atoms with Crippen LogP contribution in [0.5, 0.6) is 0 Å². The number of halogens is 2. The summed E-state index contributed by atoms with van der Waals surface area (Å²) in [6, 6.07) is 13.6. The van der Waals surface area contributed by atoms with Crippen molar-refractivity contribution >= 4 is 33.2 Å². The molecular weight excluding hydrogens is 326 g/mol. The van der Waals surface area contributed by atoms with Crippen LogP contribution >= 0.6 is 27.5 Å². The lowest BCUT2D eigenvalue weighted by atomic mass is 10.1. The average Bonchev–Trinajstić information content (AvgIpc) is 2.40. The van der Waals surface area contributed by atoms with Gasteiger partial charge in [-0.2, -0.15) is 0 Å². The first-order valence-electron chi connectivity index (χ1n) is 6.02. The van der Waals surface area contributed by atoms with E-state index >= 15 is 0 Å². The Labute approximate surface area is 126 Å². The number of aliphatic hydroxyl groups excluding tert-OH is 1. The molecule has 2 N–H and O–H groups in total. The van der Waals surface area contributed by atoms with Crippen LogP contribution in [0.3, 0.4) is 0 Å². The van der Waals surface area contributed by atoms with Gasteiger partial charge < -0.3 is 10.4 Å². The Bertz CT molecular complexity index is 572. The Morgan fingerprint density at radius 1 is 1.26 bits per heavy atom. The molecule has 2 rings (SSSR count). The Kier molecular flexibility index (Phi) is 4.86. The van der Waals surface area contributed by atoms with Gasteiger partial charge in [0.2, 0.25) is 0 Å². The van der Waals surface area contributed by atoms with Crippen LogP contribution in [-0.4, -0.2) is 5.11 Å². The number of aliphatic hydroxyl groups is 1. The smallest absolute Gasteiger partial charge is 0.0781 e. The number of hydrogen-bond donors (Lipinski definition) is 2. The predicted molar refractivity (Wildman–Crippen MR) is 83.6 cm³/mol. The summed E-state index contributed by atoms with van der Waals surface area (Å²) in [4.78, 5) is 0. The van der Waals surface area contributed by atoms with Crippen molar-refractivity contribution in [2.45, 2.75) is 19.6 Å². The van der Waals surface area contributed by atoms with Gasteiger partial charge >= 0.3 is 0 Å². The molecular formula is C15H15BrClNO. The molecule has 0 amide bonds. The predicted octanol–water partition coefficient (Wildman–Crippen LogP) is 4.77. The molecule has 0 heterocycles. The van der Waals surface area contributed by atoms with Crippen LogP contribution in [0.25, 0.3) is 0 Å². The largest absolute Gasteiger partial charge is 0.389 e. The van der Waals surface area contributed by atoms with Crippen molar-refractivity contribution < 1.29 is 5.11 Å². The van der Waals surface area contributed by atoms with E-state index in [0.717, 1.165) is 21.3 Å². The van der Waals surface area contributed by atoms with Gasteiger partial charge in [0, 0.05) is 22.3 Å². The summed E-state index contributed by atoms with van der Waals surface area (Å²) in [6.07, 6.45) is -0.486. The SMILES string of the molecule is CC(O)c1ccccc1NCc1ccc(Cl)c(Br)c1. The normalized spacial score (nSPS) is 12.2. The van der Waals surface area contributed by atoms with Crippen molar-refractivity contribution in [2.24, 2.45) is 0 Å². The Morgan fingerprint density at radius 3 is 2.68 bits per heavy atom. The topological polar surface area (TPSA) is 32.3 Å². The van der Waals surface area contributed by atoms with Gasteiger partial charge in [-0.3, -0.25) is 0 Å². The van der Waals surface area contributed by atoms with Gasteiger partial charge in [0.25, 0.3) is 0 Å². The first-order chi connectivity index (χ1) is 9.08. The molecule has 1 atom stereocenters. The van der Waals surface area contributed by atoms with Crippen LogP contribution in [0.15, 0.2) is 46.9 Å². The fourth-order valence-corrected chi connectivity index (χ4v) is 2.41. The maximum absolute atomic E-state index is 9.72. The lowest BCUT2D eigenvalue weighted by molar-refractivity contribution is 0.200. The number of nitrogens with one attached hydrogen (secondary N) is 1. The van der Waals surface area contributed by atoms with Gasteiger partial charge in [0.15, 0.2) is 0 Å². The van der Waals surface area contributed by atoms with E-state index in [1.165, 1.54) is 0 Å². The highest BCUT2D eigenvalue weighted by atomic mass is 79.9. The summed E-state index contributed by atoms with van der Waals surface area (Å²) in [6.45, 7) is 2.44. The number of rotatable bonds is 4. The third kappa shape index (κ3) is 3.72. The quantitative estimate of drug-likeness (QED) is 0.840. The van der Waals surface area contributed by atoms with Gasteiger partial charge in [-0.05, 0) is 46.6 Å². The van der Waals surface area contributed by atoms with Crippen LogP contribution in [0.4, 0.5) is 5.69 Å². The average molecular weight is 341 g/mol. The van der Waals surface area contributed by atoms with Gasteiger partial charge in [0.05, 0.1) is 11.1 Å². The van der Waals surface area contributed by atoms with Gasteiger partial charge in [-0.1, -0.05) is 35.9 Å². The first-order valence-corrected chi connectivity index (χ1v) is 7.20. The zero-order valence-corrected chi connectivity index (χ0v) is 12.9. The number of benzene rings is 2. The monoisotopic (exact) mass is 339 g/mol. The van der Waals surface area contributed by atoms with E-state index in [-0.39, 0.29) is 0 Å². The lowest BCUT2D eigenvalue weighted by Gasteiger charge is -2.14. The summed E-state index contributed by atoms with van der Waals surface area (Å²) < 4.78 is 0.886. The second-order valence-electron chi connectivity index (χ2n) is 4.37. The Balaban J connectivity index is 2.12. The highest BCUT2D eigenvalue weighted by Gasteiger charge is 2.06. The Hall–Kier alpha value is -1.03. The lowest BCUT2D eigenvalue weighted by Crippen LogP contribution is -2.04. The van der Waals surface area contributed by atoms with E-state index in [9.17, 15) is 5.11 Å². The first kappa shape index (κ1) is 14.4. The van der Waals surface area contributed by atoms with Crippen molar-refractivity contribution in [3.05, 3.63) is 63.1 Å². The molecule has 2 aromatic carbocycles. The van der Waals surface area contributed by atoms with Gasteiger partial charge in [-0.15, -0.1) is 0 Å². The minimum absolute atomic E-state index is 0.486. The highest BCUT2D eigenvalue weighted by Crippen LogP contribution is 2.25. The number of para-hydroxylation sites is 1. The summed E-state index contributed by atoms with van der Waals surface area (Å²) in [5.74, 6) is 0. The molecule has 2 aromatic rings. The fourth-order valence-electron chi connectivity index (χ4n) is 1.87. The van der Waals surface area contributed by atoms with E-state index < -0.39 is 6.10 Å². The molecule has 0 aromatic heterocycles. The second-order valence-corrected chi connectivity index (χ2v) is 5.63. The molecule has 0 aliphatic heterocycles. The maximum Gasteiger partial charge on any atom is 0.0781 e. The van der Waals surface area contributed by atoms with Crippen LogP contribution in [-0.2, 0) is 6.54 Å². The summed E-state index contributed by atoms with van der Waals surface area (Å²) in [5.41, 5.74) is 2.97.